The van der Waals surface area contributed by atoms with Crippen LogP contribution in [0.5, 0.6) is 0 Å². The van der Waals surface area contributed by atoms with E-state index in [0.29, 0.717) is 0 Å². The Labute approximate surface area is 317 Å². The van der Waals surface area contributed by atoms with Gasteiger partial charge in [0, 0.05) is 10.8 Å². The second kappa shape index (κ2) is 11.6. The summed E-state index contributed by atoms with van der Waals surface area (Å²) in [4.78, 5) is 0. The van der Waals surface area contributed by atoms with Gasteiger partial charge in [0.2, 0.25) is 0 Å². The van der Waals surface area contributed by atoms with E-state index >= 15 is 0 Å². The SMILES string of the molecule is c1ccc2c(c1)oc1ccc(-c3ccc(-c4c5ccccc5c(-c5cc6c7ccccc7c7ccccc7c6c6ccccc56)c5ccccc45)cc3)cc12. The van der Waals surface area contributed by atoms with Crippen molar-refractivity contribution in [1.29, 1.82) is 0 Å². The first-order chi connectivity index (χ1) is 27.3. The van der Waals surface area contributed by atoms with Gasteiger partial charge in [-0.1, -0.05) is 170 Å². The number of rotatable bonds is 3. The molecule has 12 aromatic rings. The van der Waals surface area contributed by atoms with E-state index in [4.69, 9.17) is 4.42 Å². The Morgan fingerprint density at radius 3 is 1.29 bits per heavy atom. The lowest BCUT2D eigenvalue weighted by Gasteiger charge is -2.21. The lowest BCUT2D eigenvalue weighted by molar-refractivity contribution is 0.669. The van der Waals surface area contributed by atoms with Crippen molar-refractivity contribution < 1.29 is 4.42 Å². The molecular weight excluding hydrogens is 665 g/mol. The van der Waals surface area contributed by atoms with Crippen LogP contribution >= 0.6 is 0 Å². The fraction of sp³-hybridized carbons (Fsp3) is 0. The van der Waals surface area contributed by atoms with Gasteiger partial charge in [0.1, 0.15) is 11.2 Å². The Balaban J connectivity index is 1.11. The van der Waals surface area contributed by atoms with Crippen molar-refractivity contribution in [1.82, 2.24) is 0 Å². The van der Waals surface area contributed by atoms with Crippen molar-refractivity contribution in [2.75, 3.05) is 0 Å². The number of fused-ring (bicyclic) bond motifs is 13. The third kappa shape index (κ3) is 4.41. The van der Waals surface area contributed by atoms with Crippen molar-refractivity contribution >= 4 is 86.6 Å². The fourth-order valence-corrected chi connectivity index (χ4v) is 9.44. The third-order valence-corrected chi connectivity index (χ3v) is 11.8. The maximum absolute atomic E-state index is 6.12. The molecule has 0 fully saturated rings. The van der Waals surface area contributed by atoms with E-state index in [1.807, 2.05) is 12.1 Å². The monoisotopic (exact) mass is 696 g/mol. The second-order valence-corrected chi connectivity index (χ2v) is 14.7. The molecule has 1 nitrogen and oxygen atoms in total. The van der Waals surface area contributed by atoms with Gasteiger partial charge >= 0.3 is 0 Å². The van der Waals surface area contributed by atoms with Crippen molar-refractivity contribution in [3.63, 3.8) is 0 Å². The van der Waals surface area contributed by atoms with Crippen molar-refractivity contribution in [3.8, 4) is 33.4 Å². The van der Waals surface area contributed by atoms with Crippen LogP contribution in [0.25, 0.3) is 120 Å². The van der Waals surface area contributed by atoms with Crippen LogP contribution in [0.1, 0.15) is 0 Å². The summed E-state index contributed by atoms with van der Waals surface area (Å²) in [6.45, 7) is 0. The Morgan fingerprint density at radius 1 is 0.236 bits per heavy atom. The average Bonchev–Trinajstić information content (AvgIpc) is 3.63. The van der Waals surface area contributed by atoms with Crippen molar-refractivity contribution in [2.24, 2.45) is 0 Å². The molecule has 1 aromatic heterocycles. The van der Waals surface area contributed by atoms with Gasteiger partial charge in [-0.3, -0.25) is 0 Å². The van der Waals surface area contributed by atoms with Gasteiger partial charge in [-0.05, 0) is 122 Å². The molecule has 0 saturated carbocycles. The Morgan fingerprint density at radius 2 is 0.655 bits per heavy atom. The first-order valence-electron chi connectivity index (χ1n) is 19.0. The predicted molar refractivity (Wildman–Crippen MR) is 235 cm³/mol. The molecule has 55 heavy (non-hydrogen) atoms. The minimum absolute atomic E-state index is 0.917. The van der Waals surface area contributed by atoms with Crippen LogP contribution in [-0.2, 0) is 0 Å². The Kier molecular flexibility index (Phi) is 6.40. The molecular formula is C54H32O. The first kappa shape index (κ1) is 30.3. The van der Waals surface area contributed by atoms with Gasteiger partial charge < -0.3 is 4.42 Å². The topological polar surface area (TPSA) is 13.1 Å². The molecule has 0 aliphatic carbocycles. The molecule has 0 unspecified atom stereocenters. The highest BCUT2D eigenvalue weighted by atomic mass is 16.3. The summed E-state index contributed by atoms with van der Waals surface area (Å²) in [5, 5.41) is 17.6. The highest BCUT2D eigenvalue weighted by molar-refractivity contribution is 6.34. The summed E-state index contributed by atoms with van der Waals surface area (Å²) in [7, 11) is 0. The quantitative estimate of drug-likeness (QED) is 0.132. The predicted octanol–water partition coefficient (Wildman–Crippen LogP) is 15.5. The van der Waals surface area contributed by atoms with Gasteiger partial charge in [0.15, 0.2) is 0 Å². The Hall–Kier alpha value is -7.22. The molecule has 0 radical (unpaired) electrons. The molecule has 0 aliphatic rings. The van der Waals surface area contributed by atoms with E-state index in [0.717, 1.165) is 21.9 Å². The van der Waals surface area contributed by atoms with E-state index in [1.54, 1.807) is 0 Å². The van der Waals surface area contributed by atoms with Gasteiger partial charge in [-0.15, -0.1) is 0 Å². The van der Waals surface area contributed by atoms with Gasteiger partial charge in [-0.25, -0.2) is 0 Å². The molecule has 0 aliphatic heterocycles. The molecule has 0 atom stereocenters. The van der Waals surface area contributed by atoms with Crippen LogP contribution in [0.4, 0.5) is 0 Å². The zero-order valence-corrected chi connectivity index (χ0v) is 29.9. The minimum Gasteiger partial charge on any atom is -0.456 e. The van der Waals surface area contributed by atoms with Crippen LogP contribution in [0.3, 0.4) is 0 Å². The third-order valence-electron chi connectivity index (χ3n) is 11.8. The summed E-state index contributed by atoms with van der Waals surface area (Å²) in [5.41, 5.74) is 9.22. The molecule has 1 heteroatoms. The average molecular weight is 697 g/mol. The maximum atomic E-state index is 6.12. The molecule has 0 bridgehead atoms. The van der Waals surface area contributed by atoms with Gasteiger partial charge in [0.05, 0.1) is 0 Å². The van der Waals surface area contributed by atoms with Crippen molar-refractivity contribution in [2.45, 2.75) is 0 Å². The molecule has 254 valence electrons. The van der Waals surface area contributed by atoms with E-state index in [2.05, 4.69) is 182 Å². The number of benzene rings is 11. The van der Waals surface area contributed by atoms with E-state index < -0.39 is 0 Å². The lowest BCUT2D eigenvalue weighted by Crippen LogP contribution is -1.93. The maximum Gasteiger partial charge on any atom is 0.135 e. The second-order valence-electron chi connectivity index (χ2n) is 14.7. The number of hydrogen-bond donors (Lipinski definition) is 0. The smallest absolute Gasteiger partial charge is 0.135 e. The van der Waals surface area contributed by atoms with Gasteiger partial charge in [0.25, 0.3) is 0 Å². The lowest BCUT2D eigenvalue weighted by atomic mass is 9.82. The molecule has 11 aromatic carbocycles. The summed E-state index contributed by atoms with van der Waals surface area (Å²) in [6, 6.07) is 71.2. The summed E-state index contributed by atoms with van der Waals surface area (Å²) < 4.78 is 6.12. The van der Waals surface area contributed by atoms with E-state index in [1.165, 1.54) is 98.0 Å². The van der Waals surface area contributed by atoms with Crippen LogP contribution in [0.2, 0.25) is 0 Å². The number of furan rings is 1. The molecule has 0 amide bonds. The molecule has 12 rings (SSSR count). The summed E-state index contributed by atoms with van der Waals surface area (Å²) >= 11 is 0. The summed E-state index contributed by atoms with van der Waals surface area (Å²) in [5.74, 6) is 0. The zero-order chi connectivity index (χ0) is 36.0. The van der Waals surface area contributed by atoms with E-state index in [-0.39, 0.29) is 0 Å². The highest BCUT2D eigenvalue weighted by Gasteiger charge is 2.21. The molecule has 1 heterocycles. The molecule has 0 spiro atoms. The van der Waals surface area contributed by atoms with Crippen LogP contribution in [-0.4, -0.2) is 0 Å². The fourth-order valence-electron chi connectivity index (χ4n) is 9.44. The van der Waals surface area contributed by atoms with E-state index in [9.17, 15) is 0 Å². The highest BCUT2D eigenvalue weighted by Crippen LogP contribution is 2.48. The van der Waals surface area contributed by atoms with Crippen LogP contribution in [0.15, 0.2) is 199 Å². The van der Waals surface area contributed by atoms with Crippen molar-refractivity contribution in [3.05, 3.63) is 194 Å². The Bertz CT molecular complexity index is 3470. The summed E-state index contributed by atoms with van der Waals surface area (Å²) in [6.07, 6.45) is 0. The molecule has 0 saturated heterocycles. The van der Waals surface area contributed by atoms with Crippen LogP contribution in [0, 0.1) is 0 Å². The normalized spacial score (nSPS) is 12.0. The van der Waals surface area contributed by atoms with Gasteiger partial charge in [-0.2, -0.15) is 0 Å². The number of hydrogen-bond acceptors (Lipinski definition) is 1. The standard InChI is InChI=1S/C54H32O/c1-2-15-38-36(13-1)37-14-3-5-18-41(37)53-42-19-6-4-16-39(42)49(32-48(38)53)54-45-22-9-7-20-43(45)52(44-21-8-10-23-46(44)54)34-27-25-33(26-28-34)35-29-30-51-47(31-35)40-17-11-12-24-50(40)55-51/h1-32H. The zero-order valence-electron chi connectivity index (χ0n) is 29.9. The minimum atomic E-state index is 0.917. The van der Waals surface area contributed by atoms with Crippen LogP contribution < -0.4 is 0 Å². The largest absolute Gasteiger partial charge is 0.456 e. The number of para-hydroxylation sites is 1. The molecule has 0 N–H and O–H groups in total. The first-order valence-corrected chi connectivity index (χ1v) is 19.0.